The Morgan fingerprint density at radius 3 is 1.16 bits per heavy atom. The third-order valence-electron chi connectivity index (χ3n) is 17.2. The van der Waals surface area contributed by atoms with Crippen LogP contribution in [0.15, 0.2) is 36.5 Å². The highest BCUT2D eigenvalue weighted by molar-refractivity contribution is 5.76. The van der Waals surface area contributed by atoms with Crippen LogP contribution in [0.5, 0.6) is 0 Å². The average Bonchev–Trinajstić information content (AvgIpc) is 2.32. The molecule has 17 unspecified atom stereocenters. The van der Waals surface area contributed by atoms with Crippen LogP contribution in [0.1, 0.15) is 251 Å². The van der Waals surface area contributed by atoms with E-state index in [1.54, 1.807) is 6.08 Å². The summed E-state index contributed by atoms with van der Waals surface area (Å²) in [7, 11) is 0. The number of unbranched alkanes of at least 4 members (excludes halogenated alkanes) is 32. The van der Waals surface area contributed by atoms with Gasteiger partial charge in [-0.1, -0.05) is 224 Å². The number of nitrogens with one attached hydrogen (secondary N) is 1. The van der Waals surface area contributed by atoms with Gasteiger partial charge in [-0.25, -0.2) is 0 Å². The summed E-state index contributed by atoms with van der Waals surface area (Å²) >= 11 is 0. The molecule has 19 heteroatoms. The smallest absolute Gasteiger partial charge is 0.220 e. The van der Waals surface area contributed by atoms with Crippen LogP contribution in [0.3, 0.4) is 0 Å². The number of hydrogen-bond acceptors (Lipinski definition) is 18. The highest BCUT2D eigenvalue weighted by Crippen LogP contribution is 2.33. The largest absolute Gasteiger partial charge is 0.394 e. The van der Waals surface area contributed by atoms with Gasteiger partial charge < -0.3 is 89.9 Å². The monoisotopic (exact) mass is 1230 g/mol. The van der Waals surface area contributed by atoms with Gasteiger partial charge in [0.2, 0.25) is 5.91 Å². The summed E-state index contributed by atoms with van der Waals surface area (Å²) in [5, 5.41) is 120. The van der Waals surface area contributed by atoms with E-state index in [-0.39, 0.29) is 18.9 Å². The number of amides is 1. The van der Waals surface area contributed by atoms with Crippen molar-refractivity contribution in [1.29, 1.82) is 0 Å². The van der Waals surface area contributed by atoms with Crippen LogP contribution in [0.2, 0.25) is 0 Å². The van der Waals surface area contributed by atoms with Crippen molar-refractivity contribution in [3.05, 3.63) is 36.5 Å². The fourth-order valence-electron chi connectivity index (χ4n) is 11.6. The first kappa shape index (κ1) is 78.3. The summed E-state index contributed by atoms with van der Waals surface area (Å²) in [5.41, 5.74) is 0. The van der Waals surface area contributed by atoms with Crippen molar-refractivity contribution in [1.82, 2.24) is 5.32 Å². The third-order valence-corrected chi connectivity index (χ3v) is 17.2. The van der Waals surface area contributed by atoms with E-state index in [0.29, 0.717) is 12.8 Å². The number of aliphatic hydroxyl groups is 11. The Hall–Kier alpha value is -1.99. The number of carbonyl (C=O) groups is 1. The normalized spacial score (nSPS) is 29.0. The second-order valence-corrected chi connectivity index (χ2v) is 24.6. The Labute approximate surface area is 517 Å². The molecule has 0 spiro atoms. The van der Waals surface area contributed by atoms with Gasteiger partial charge in [0.1, 0.15) is 73.2 Å². The van der Waals surface area contributed by atoms with Gasteiger partial charge in [0.25, 0.3) is 0 Å². The number of allylic oxidation sites excluding steroid dienone is 5. The van der Waals surface area contributed by atoms with E-state index in [2.05, 4.69) is 43.5 Å². The molecule has 3 heterocycles. The van der Waals surface area contributed by atoms with Crippen LogP contribution < -0.4 is 5.32 Å². The lowest BCUT2D eigenvalue weighted by atomic mass is 9.96. The summed E-state index contributed by atoms with van der Waals surface area (Å²) in [6.07, 6.45) is 29.9. The van der Waals surface area contributed by atoms with E-state index >= 15 is 0 Å². The molecule has 0 aliphatic carbocycles. The molecule has 3 fully saturated rings. The summed E-state index contributed by atoms with van der Waals surface area (Å²) < 4.78 is 34.3. The van der Waals surface area contributed by atoms with Crippen LogP contribution in [0.4, 0.5) is 0 Å². The molecule has 3 aliphatic heterocycles. The summed E-state index contributed by atoms with van der Waals surface area (Å²) in [6, 6.07) is -0.994. The van der Waals surface area contributed by atoms with Gasteiger partial charge >= 0.3 is 0 Å². The molecule has 3 rings (SSSR count). The van der Waals surface area contributed by atoms with Crippen molar-refractivity contribution in [2.75, 3.05) is 26.4 Å². The minimum absolute atomic E-state index is 0.226. The van der Waals surface area contributed by atoms with Crippen LogP contribution in [0, 0.1) is 0 Å². The molecule has 0 radical (unpaired) electrons. The highest BCUT2D eigenvalue weighted by Gasteiger charge is 2.53. The fourth-order valence-corrected chi connectivity index (χ4v) is 11.6. The van der Waals surface area contributed by atoms with Crippen molar-refractivity contribution in [3.63, 3.8) is 0 Å². The van der Waals surface area contributed by atoms with Gasteiger partial charge in [-0.05, 0) is 57.8 Å². The van der Waals surface area contributed by atoms with Crippen molar-refractivity contribution in [2.24, 2.45) is 0 Å². The molecule has 3 aliphatic rings. The van der Waals surface area contributed by atoms with Gasteiger partial charge in [0.15, 0.2) is 18.9 Å². The Morgan fingerprint density at radius 1 is 0.407 bits per heavy atom. The molecule has 12 N–H and O–H groups in total. The summed E-state index contributed by atoms with van der Waals surface area (Å²) in [6.45, 7) is 1.72. The lowest BCUT2D eigenvalue weighted by molar-refractivity contribution is -0.379. The zero-order valence-corrected chi connectivity index (χ0v) is 53.0. The molecule has 86 heavy (non-hydrogen) atoms. The zero-order chi connectivity index (χ0) is 62.6. The first-order chi connectivity index (χ1) is 41.8. The molecule has 0 saturated carbocycles. The van der Waals surface area contributed by atoms with Crippen LogP contribution in [-0.2, 0) is 33.2 Å². The van der Waals surface area contributed by atoms with Gasteiger partial charge in [-0.2, -0.15) is 0 Å². The molecule has 504 valence electrons. The van der Waals surface area contributed by atoms with E-state index < -0.39 is 124 Å². The highest BCUT2D eigenvalue weighted by atomic mass is 16.8. The van der Waals surface area contributed by atoms with E-state index in [4.69, 9.17) is 28.4 Å². The van der Waals surface area contributed by atoms with Crippen molar-refractivity contribution in [2.45, 2.75) is 356 Å². The van der Waals surface area contributed by atoms with E-state index in [1.165, 1.54) is 161 Å². The maximum absolute atomic E-state index is 13.4. The lowest BCUT2D eigenvalue weighted by Crippen LogP contribution is -2.66. The number of aliphatic hydroxyl groups excluding tert-OH is 11. The van der Waals surface area contributed by atoms with Crippen LogP contribution in [0.25, 0.3) is 0 Å². The minimum atomic E-state index is -1.98. The molecule has 1 amide bonds. The predicted octanol–water partition coefficient (Wildman–Crippen LogP) is 8.44. The van der Waals surface area contributed by atoms with Crippen molar-refractivity contribution < 1.29 is 89.4 Å². The number of rotatable bonds is 52. The number of hydrogen-bond donors (Lipinski definition) is 12. The summed E-state index contributed by atoms with van der Waals surface area (Å²) in [5.74, 6) is -0.292. The molecular formula is C67H123NO18. The summed E-state index contributed by atoms with van der Waals surface area (Å²) in [4.78, 5) is 13.4. The second kappa shape index (κ2) is 49.7. The van der Waals surface area contributed by atoms with Crippen molar-refractivity contribution in [3.8, 4) is 0 Å². The Morgan fingerprint density at radius 2 is 0.744 bits per heavy atom. The molecule has 3 saturated heterocycles. The van der Waals surface area contributed by atoms with Gasteiger partial charge in [-0.15, -0.1) is 0 Å². The molecule has 0 aromatic heterocycles. The van der Waals surface area contributed by atoms with Crippen molar-refractivity contribution >= 4 is 5.91 Å². The minimum Gasteiger partial charge on any atom is -0.394 e. The standard InChI is InChI=1S/C67H123NO18/c1-3-5-7-9-11-13-15-17-19-21-22-23-24-25-26-27-28-29-30-32-34-36-38-40-42-44-51(72)50(68-55(73)45-43-41-39-37-35-33-31-20-18-16-14-12-10-8-6-4-2)49-81-65-61(79)58(76)63(53(47-70)83-65)86-67-62(80)59(77)64(54(48-71)84-67)85-66-60(78)57(75)56(74)52(46-69)82-66/h20,31,34,36,42,44,50-54,56-67,69-72,74-80H,3-19,21-30,32-33,35,37-41,43,45-49H2,1-2H3,(H,68,73)/b31-20-,36-34+,44-42+. The fraction of sp³-hybridized carbons (Fsp3) is 0.896. The van der Waals surface area contributed by atoms with Gasteiger partial charge in [0.05, 0.1) is 38.6 Å². The van der Waals surface area contributed by atoms with E-state index in [0.717, 1.165) is 57.8 Å². The van der Waals surface area contributed by atoms with E-state index in [1.807, 2.05) is 6.08 Å². The molecular weight excluding hydrogens is 1110 g/mol. The van der Waals surface area contributed by atoms with Crippen LogP contribution >= 0.6 is 0 Å². The third kappa shape index (κ3) is 31.8. The maximum atomic E-state index is 13.4. The first-order valence-electron chi connectivity index (χ1n) is 34.2. The predicted molar refractivity (Wildman–Crippen MR) is 333 cm³/mol. The Balaban J connectivity index is 1.46. The van der Waals surface area contributed by atoms with Gasteiger partial charge in [-0.3, -0.25) is 4.79 Å². The van der Waals surface area contributed by atoms with Crippen LogP contribution in [-0.4, -0.2) is 193 Å². The Kier molecular flexibility index (Phi) is 45.2. The number of carbonyl (C=O) groups excluding carboxylic acids is 1. The Bertz CT molecular complexity index is 1710. The average molecular weight is 1230 g/mol. The second-order valence-electron chi connectivity index (χ2n) is 24.6. The maximum Gasteiger partial charge on any atom is 0.220 e. The zero-order valence-electron chi connectivity index (χ0n) is 53.0. The topological polar surface area (TPSA) is 307 Å². The first-order valence-corrected chi connectivity index (χ1v) is 34.2. The quantitative estimate of drug-likeness (QED) is 0.0201. The molecule has 19 nitrogen and oxygen atoms in total. The lowest BCUT2D eigenvalue weighted by Gasteiger charge is -2.48. The number of ether oxygens (including phenoxy) is 6. The van der Waals surface area contributed by atoms with Gasteiger partial charge in [0, 0.05) is 6.42 Å². The molecule has 0 aromatic carbocycles. The SMILES string of the molecule is CCCCCCCCC/C=C\CCCCCCCC(=O)NC(COC1OC(CO)C(OC2OC(CO)C(OC3OC(CO)C(O)C(O)C3O)C(O)C2O)C(O)C1O)C(O)/C=C/CC/C=C/CCCCCCCCCCCCCCCCCCCCC. The molecule has 0 aromatic rings. The van der Waals surface area contributed by atoms with E-state index in [9.17, 15) is 61.0 Å². The molecule has 17 atom stereocenters. The molecule has 0 bridgehead atoms.